The van der Waals surface area contributed by atoms with Crippen LogP contribution in [0.2, 0.25) is 0 Å². The Morgan fingerprint density at radius 3 is 2.56 bits per heavy atom. The Labute approximate surface area is 143 Å². The van der Waals surface area contributed by atoms with Crippen molar-refractivity contribution in [1.82, 2.24) is 19.4 Å². The van der Waals surface area contributed by atoms with Crippen molar-refractivity contribution in [3.05, 3.63) is 54.6 Å². The number of aromatic amines is 1. The standard InChI is InChI=1S/C18H18N4O3/c23-16(14-5-3-9-19-14)21-10-7-18(8-11-21,17(24)25)22-12-20-13-4-1-2-6-15(13)22/h1-6,9,12,19H,7-8,10-11H2,(H,24,25). The van der Waals surface area contributed by atoms with Crippen molar-refractivity contribution >= 4 is 22.9 Å². The third-order valence-electron chi connectivity index (χ3n) is 5.02. The maximum absolute atomic E-state index is 12.5. The molecular weight excluding hydrogens is 320 g/mol. The summed E-state index contributed by atoms with van der Waals surface area (Å²) in [5, 5.41) is 9.97. The van der Waals surface area contributed by atoms with Gasteiger partial charge in [-0.3, -0.25) is 4.79 Å². The summed E-state index contributed by atoms with van der Waals surface area (Å²) in [5.74, 6) is -0.984. The van der Waals surface area contributed by atoms with E-state index in [1.54, 1.807) is 34.1 Å². The van der Waals surface area contributed by atoms with Crippen LogP contribution in [-0.2, 0) is 10.3 Å². The number of nitrogens with zero attached hydrogens (tertiary/aromatic N) is 3. The highest BCUT2D eigenvalue weighted by atomic mass is 16.4. The fourth-order valence-electron chi connectivity index (χ4n) is 3.57. The van der Waals surface area contributed by atoms with Gasteiger partial charge in [0.2, 0.25) is 0 Å². The van der Waals surface area contributed by atoms with Crippen LogP contribution in [0.25, 0.3) is 11.0 Å². The van der Waals surface area contributed by atoms with E-state index in [9.17, 15) is 14.7 Å². The Bertz CT molecular complexity index is 921. The van der Waals surface area contributed by atoms with Gasteiger partial charge in [-0.1, -0.05) is 12.1 Å². The zero-order valence-corrected chi connectivity index (χ0v) is 13.6. The largest absolute Gasteiger partial charge is 0.479 e. The molecule has 1 aliphatic heterocycles. The molecule has 2 aromatic heterocycles. The molecular formula is C18H18N4O3. The average Bonchev–Trinajstić information content (AvgIpc) is 3.31. The molecule has 0 saturated carbocycles. The van der Waals surface area contributed by atoms with Gasteiger partial charge in [0.25, 0.3) is 5.91 Å². The Morgan fingerprint density at radius 2 is 1.88 bits per heavy atom. The minimum Gasteiger partial charge on any atom is -0.479 e. The highest BCUT2D eigenvalue weighted by Crippen LogP contribution is 2.34. The van der Waals surface area contributed by atoms with Crippen LogP contribution < -0.4 is 0 Å². The van der Waals surface area contributed by atoms with Gasteiger partial charge < -0.3 is 19.6 Å². The molecule has 1 aromatic carbocycles. The first-order chi connectivity index (χ1) is 12.1. The summed E-state index contributed by atoms with van der Waals surface area (Å²) in [6.45, 7) is 0.771. The van der Waals surface area contributed by atoms with Crippen LogP contribution >= 0.6 is 0 Å². The number of rotatable bonds is 3. The molecule has 0 spiro atoms. The number of carboxylic acid groups (broad SMARTS) is 1. The van der Waals surface area contributed by atoms with Gasteiger partial charge in [0, 0.05) is 19.3 Å². The number of carbonyl (C=O) groups excluding carboxylic acids is 1. The molecule has 1 amide bonds. The molecule has 1 aliphatic rings. The number of hydrogen-bond donors (Lipinski definition) is 2. The summed E-state index contributed by atoms with van der Waals surface area (Å²) in [7, 11) is 0. The maximum Gasteiger partial charge on any atom is 0.330 e. The van der Waals surface area contributed by atoms with E-state index in [-0.39, 0.29) is 5.91 Å². The summed E-state index contributed by atoms with van der Waals surface area (Å²) in [4.78, 5) is 33.6. The second kappa shape index (κ2) is 5.77. The van der Waals surface area contributed by atoms with E-state index in [2.05, 4.69) is 9.97 Å². The minimum atomic E-state index is -1.08. The second-order valence-corrected chi connectivity index (χ2v) is 6.32. The summed E-state index contributed by atoms with van der Waals surface area (Å²) in [6.07, 6.45) is 3.99. The number of carbonyl (C=O) groups is 2. The number of hydrogen-bond acceptors (Lipinski definition) is 3. The smallest absolute Gasteiger partial charge is 0.330 e. The van der Waals surface area contributed by atoms with E-state index in [1.165, 1.54) is 0 Å². The van der Waals surface area contributed by atoms with Gasteiger partial charge in [0.1, 0.15) is 11.2 Å². The lowest BCUT2D eigenvalue weighted by atomic mass is 9.86. The van der Waals surface area contributed by atoms with Crippen molar-refractivity contribution < 1.29 is 14.7 Å². The van der Waals surface area contributed by atoms with Crippen molar-refractivity contribution in [2.45, 2.75) is 18.4 Å². The van der Waals surface area contributed by atoms with Gasteiger partial charge in [0.05, 0.1) is 17.4 Å². The molecule has 0 unspecified atom stereocenters. The molecule has 7 heteroatoms. The summed E-state index contributed by atoms with van der Waals surface area (Å²) >= 11 is 0. The van der Waals surface area contributed by atoms with E-state index in [1.807, 2.05) is 24.3 Å². The SMILES string of the molecule is O=C(c1ccc[nH]1)N1CCC(C(=O)O)(n2cnc3ccccc32)CC1. The normalized spacial score (nSPS) is 16.9. The van der Waals surface area contributed by atoms with Gasteiger partial charge in [-0.2, -0.15) is 0 Å². The molecule has 3 heterocycles. The summed E-state index contributed by atoms with van der Waals surface area (Å²) in [6, 6.07) is 11.0. The molecule has 0 radical (unpaired) electrons. The van der Waals surface area contributed by atoms with Gasteiger partial charge in [-0.25, -0.2) is 9.78 Å². The third kappa shape index (κ3) is 2.39. The van der Waals surface area contributed by atoms with E-state index < -0.39 is 11.5 Å². The second-order valence-electron chi connectivity index (χ2n) is 6.32. The number of para-hydroxylation sites is 2. The fourth-order valence-corrected chi connectivity index (χ4v) is 3.57. The number of fused-ring (bicyclic) bond motifs is 1. The van der Waals surface area contributed by atoms with Gasteiger partial charge >= 0.3 is 5.97 Å². The predicted octanol–water partition coefficient (Wildman–Crippen LogP) is 2.08. The molecule has 4 rings (SSSR count). The molecule has 7 nitrogen and oxygen atoms in total. The number of carboxylic acids is 1. The van der Waals surface area contributed by atoms with Gasteiger partial charge in [-0.05, 0) is 37.1 Å². The number of nitrogens with one attached hydrogen (secondary N) is 1. The highest BCUT2D eigenvalue weighted by molar-refractivity contribution is 5.92. The lowest BCUT2D eigenvalue weighted by Crippen LogP contribution is -2.52. The van der Waals surface area contributed by atoms with Crippen molar-refractivity contribution in [3.8, 4) is 0 Å². The number of aromatic nitrogens is 3. The Balaban J connectivity index is 1.64. The third-order valence-corrected chi connectivity index (χ3v) is 5.02. The van der Waals surface area contributed by atoms with Crippen LogP contribution in [0.5, 0.6) is 0 Å². The zero-order chi connectivity index (χ0) is 17.4. The van der Waals surface area contributed by atoms with Crippen LogP contribution in [0.1, 0.15) is 23.3 Å². The summed E-state index contributed by atoms with van der Waals surface area (Å²) in [5.41, 5.74) is 1.01. The molecule has 2 N–H and O–H groups in total. The number of H-pyrrole nitrogens is 1. The highest BCUT2D eigenvalue weighted by Gasteiger charge is 2.45. The topological polar surface area (TPSA) is 91.2 Å². The first-order valence-electron chi connectivity index (χ1n) is 8.20. The van der Waals surface area contributed by atoms with E-state index in [4.69, 9.17) is 0 Å². The van der Waals surface area contributed by atoms with Crippen LogP contribution in [-0.4, -0.2) is 49.5 Å². The van der Waals surface area contributed by atoms with Gasteiger partial charge in [0.15, 0.2) is 0 Å². The summed E-state index contributed by atoms with van der Waals surface area (Å²) < 4.78 is 1.75. The lowest BCUT2D eigenvalue weighted by Gasteiger charge is -2.39. The van der Waals surface area contributed by atoms with Crippen molar-refractivity contribution in [3.63, 3.8) is 0 Å². The van der Waals surface area contributed by atoms with Crippen molar-refractivity contribution in [2.75, 3.05) is 13.1 Å². The quantitative estimate of drug-likeness (QED) is 0.765. The number of imidazole rings is 1. The van der Waals surface area contributed by atoms with Crippen molar-refractivity contribution in [2.24, 2.45) is 0 Å². The molecule has 0 atom stereocenters. The molecule has 0 aliphatic carbocycles. The van der Waals surface area contributed by atoms with Gasteiger partial charge in [-0.15, -0.1) is 0 Å². The van der Waals surface area contributed by atoms with E-state index >= 15 is 0 Å². The van der Waals surface area contributed by atoms with Crippen molar-refractivity contribution in [1.29, 1.82) is 0 Å². The maximum atomic E-state index is 12.5. The fraction of sp³-hybridized carbons (Fsp3) is 0.278. The first-order valence-corrected chi connectivity index (χ1v) is 8.20. The lowest BCUT2D eigenvalue weighted by molar-refractivity contribution is -0.149. The molecule has 1 saturated heterocycles. The van der Waals surface area contributed by atoms with Crippen LogP contribution in [0.4, 0.5) is 0 Å². The molecule has 3 aromatic rings. The van der Waals surface area contributed by atoms with Crippen LogP contribution in [0.15, 0.2) is 48.9 Å². The number of likely N-dealkylation sites (tertiary alicyclic amines) is 1. The molecule has 0 bridgehead atoms. The average molecular weight is 338 g/mol. The number of piperidine rings is 1. The zero-order valence-electron chi connectivity index (χ0n) is 13.6. The van der Waals surface area contributed by atoms with E-state index in [0.29, 0.717) is 31.6 Å². The Morgan fingerprint density at radius 1 is 1.12 bits per heavy atom. The van der Waals surface area contributed by atoms with Crippen LogP contribution in [0, 0.1) is 0 Å². The Hall–Kier alpha value is -3.09. The predicted molar refractivity (Wildman–Crippen MR) is 91.3 cm³/mol. The minimum absolute atomic E-state index is 0.0977. The number of benzene rings is 1. The monoisotopic (exact) mass is 338 g/mol. The molecule has 1 fully saturated rings. The molecule has 128 valence electrons. The van der Waals surface area contributed by atoms with E-state index in [0.717, 1.165) is 11.0 Å². The number of amides is 1. The first kappa shape index (κ1) is 15.4. The van der Waals surface area contributed by atoms with Crippen LogP contribution in [0.3, 0.4) is 0 Å². The number of aliphatic carboxylic acids is 1. The molecule has 25 heavy (non-hydrogen) atoms. The Kier molecular flexibility index (Phi) is 3.56.